The average molecular weight is 568 g/mol. The van der Waals surface area contributed by atoms with Crippen molar-refractivity contribution in [2.24, 2.45) is 0 Å². The summed E-state index contributed by atoms with van der Waals surface area (Å²) in [4.78, 5) is 47.7. The Labute approximate surface area is 240 Å². The number of aromatic nitrogens is 1. The Morgan fingerprint density at radius 2 is 1.77 bits per heavy atom. The molecule has 1 aliphatic heterocycles. The van der Waals surface area contributed by atoms with Crippen LogP contribution in [-0.4, -0.2) is 84.0 Å². The molecule has 1 aromatic heterocycles. The van der Waals surface area contributed by atoms with Crippen LogP contribution in [0.15, 0.2) is 54.6 Å². The molecule has 214 valence electrons. The Balaban J connectivity index is 1.59. The van der Waals surface area contributed by atoms with Gasteiger partial charge in [-0.2, -0.15) is 0 Å². The molecule has 1 fully saturated rings. The van der Waals surface area contributed by atoms with Gasteiger partial charge in [-0.1, -0.05) is 41.9 Å². The second-order valence-electron chi connectivity index (χ2n) is 11.1. The van der Waals surface area contributed by atoms with Gasteiger partial charge in [-0.15, -0.1) is 0 Å². The first-order valence-corrected chi connectivity index (χ1v) is 14.0. The average Bonchev–Trinajstić information content (AvgIpc) is 3.35. The topological polar surface area (TPSA) is 107 Å². The highest BCUT2D eigenvalue weighted by Gasteiger charge is 2.35. The Morgan fingerprint density at radius 3 is 2.45 bits per heavy atom. The number of hydrogen-bond acceptors (Lipinski definition) is 5. The number of fused-ring (bicyclic) bond motifs is 1. The highest BCUT2D eigenvalue weighted by Crippen LogP contribution is 2.27. The number of benzene rings is 2. The summed E-state index contributed by atoms with van der Waals surface area (Å²) in [7, 11) is 0. The second-order valence-corrected chi connectivity index (χ2v) is 11.5. The third-order valence-electron chi connectivity index (χ3n) is 6.66. The number of morpholine rings is 1. The van der Waals surface area contributed by atoms with Gasteiger partial charge in [-0.25, -0.2) is 0 Å². The molecule has 40 heavy (non-hydrogen) atoms. The molecule has 1 atom stereocenters. The molecule has 1 unspecified atom stereocenters. The summed E-state index contributed by atoms with van der Waals surface area (Å²) in [6, 6.07) is 15.0. The van der Waals surface area contributed by atoms with E-state index >= 15 is 0 Å². The zero-order valence-corrected chi connectivity index (χ0v) is 24.1. The number of halogens is 1. The lowest BCUT2D eigenvalue weighted by atomic mass is 10.0. The summed E-state index contributed by atoms with van der Waals surface area (Å²) in [5.74, 6) is -1.18. The van der Waals surface area contributed by atoms with E-state index in [0.29, 0.717) is 22.8 Å². The van der Waals surface area contributed by atoms with Crippen LogP contribution in [0.2, 0.25) is 5.02 Å². The summed E-state index contributed by atoms with van der Waals surface area (Å²) in [5.41, 5.74) is 1.08. The number of nitrogens with zero attached hydrogens (tertiary/aromatic N) is 2. The van der Waals surface area contributed by atoms with Crippen LogP contribution in [0, 0.1) is 0 Å². The van der Waals surface area contributed by atoms with Gasteiger partial charge in [0.05, 0.1) is 13.2 Å². The highest BCUT2D eigenvalue weighted by atomic mass is 35.5. The predicted octanol–water partition coefficient (Wildman–Crippen LogP) is 3.76. The first-order valence-electron chi connectivity index (χ1n) is 13.6. The Kier molecular flexibility index (Phi) is 9.84. The summed E-state index contributed by atoms with van der Waals surface area (Å²) in [5, 5.41) is 7.29. The van der Waals surface area contributed by atoms with Gasteiger partial charge in [-0.05, 0) is 63.6 Å². The first-order chi connectivity index (χ1) is 19.1. The molecule has 0 radical (unpaired) electrons. The number of para-hydroxylation sites is 1. The van der Waals surface area contributed by atoms with Crippen LogP contribution in [-0.2, 0) is 14.3 Å². The number of amides is 3. The number of carbonyl (C=O) groups excluding carboxylic acids is 3. The molecule has 3 amide bonds. The van der Waals surface area contributed by atoms with Crippen molar-refractivity contribution in [3.63, 3.8) is 0 Å². The summed E-state index contributed by atoms with van der Waals surface area (Å²) in [6.45, 7) is 9.83. The Bertz CT molecular complexity index is 1280. The summed E-state index contributed by atoms with van der Waals surface area (Å²) < 4.78 is 5.39. The first kappa shape index (κ1) is 29.6. The largest absolute Gasteiger partial charge is 0.379 e. The van der Waals surface area contributed by atoms with E-state index in [2.05, 4.69) is 20.5 Å². The van der Waals surface area contributed by atoms with Gasteiger partial charge in [0.25, 0.3) is 5.91 Å². The van der Waals surface area contributed by atoms with Gasteiger partial charge in [0.2, 0.25) is 11.8 Å². The van der Waals surface area contributed by atoms with E-state index in [1.54, 1.807) is 30.3 Å². The van der Waals surface area contributed by atoms with E-state index in [1.165, 1.54) is 4.90 Å². The van der Waals surface area contributed by atoms with E-state index in [-0.39, 0.29) is 18.4 Å². The lowest BCUT2D eigenvalue weighted by Gasteiger charge is -2.33. The van der Waals surface area contributed by atoms with Crippen molar-refractivity contribution >= 4 is 40.2 Å². The minimum atomic E-state index is -1.06. The highest BCUT2D eigenvalue weighted by molar-refractivity contribution is 6.30. The maximum atomic E-state index is 14.0. The number of hydrogen-bond donors (Lipinski definition) is 3. The summed E-state index contributed by atoms with van der Waals surface area (Å²) >= 11 is 6.14. The van der Waals surface area contributed by atoms with E-state index in [4.69, 9.17) is 16.3 Å². The molecule has 0 aliphatic carbocycles. The fourth-order valence-corrected chi connectivity index (χ4v) is 4.87. The summed E-state index contributed by atoms with van der Waals surface area (Å²) in [6.07, 6.45) is 0.771. The maximum Gasteiger partial charge on any atom is 0.271 e. The molecule has 2 aromatic carbocycles. The Hall–Kier alpha value is -3.40. The predicted molar refractivity (Wildman–Crippen MR) is 156 cm³/mol. The molecular formula is C30H38ClN5O4. The molecule has 1 saturated heterocycles. The van der Waals surface area contributed by atoms with Crippen LogP contribution in [0.4, 0.5) is 0 Å². The van der Waals surface area contributed by atoms with Gasteiger partial charge in [0, 0.05) is 41.1 Å². The number of aromatic amines is 1. The van der Waals surface area contributed by atoms with E-state index in [1.807, 2.05) is 45.0 Å². The number of rotatable bonds is 10. The van der Waals surface area contributed by atoms with Crippen LogP contribution >= 0.6 is 11.6 Å². The van der Waals surface area contributed by atoms with Crippen molar-refractivity contribution in [1.82, 2.24) is 25.4 Å². The number of carbonyl (C=O) groups is 3. The van der Waals surface area contributed by atoms with Crippen molar-refractivity contribution in [2.45, 2.75) is 38.8 Å². The Morgan fingerprint density at radius 1 is 1.07 bits per heavy atom. The lowest BCUT2D eigenvalue weighted by Crippen LogP contribution is -2.51. The molecule has 0 spiro atoms. The number of nitrogens with one attached hydrogen (secondary N) is 3. The number of H-pyrrole nitrogens is 1. The smallest absolute Gasteiger partial charge is 0.271 e. The van der Waals surface area contributed by atoms with Gasteiger partial charge < -0.3 is 25.3 Å². The zero-order valence-electron chi connectivity index (χ0n) is 23.3. The standard InChI is InChI=1S/C30H38ClN5O4/c1-30(2,3)34-28(38)27(21-9-11-23(31)12-10-21)36(29(39)25-19-22-7-4-5-8-24(22)33-25)20-26(37)32-13-6-14-35-15-17-40-18-16-35/h4-5,7-12,19,27,33H,6,13-18,20H2,1-3H3,(H,32,37)(H,34,38). The third-order valence-corrected chi connectivity index (χ3v) is 6.91. The quantitative estimate of drug-likeness (QED) is 0.323. The lowest BCUT2D eigenvalue weighted by molar-refractivity contribution is -0.129. The van der Waals surface area contributed by atoms with Crippen LogP contribution in [0.25, 0.3) is 10.9 Å². The second kappa shape index (κ2) is 13.3. The minimum Gasteiger partial charge on any atom is -0.379 e. The van der Waals surface area contributed by atoms with Crippen LogP contribution in [0.3, 0.4) is 0 Å². The van der Waals surface area contributed by atoms with Crippen LogP contribution < -0.4 is 10.6 Å². The van der Waals surface area contributed by atoms with Crippen molar-refractivity contribution in [1.29, 1.82) is 0 Å². The normalized spacial score (nSPS) is 15.0. The maximum absolute atomic E-state index is 14.0. The molecule has 4 rings (SSSR count). The van der Waals surface area contributed by atoms with Crippen molar-refractivity contribution < 1.29 is 19.1 Å². The van der Waals surface area contributed by atoms with Crippen molar-refractivity contribution in [3.05, 3.63) is 70.9 Å². The molecule has 10 heteroatoms. The minimum absolute atomic E-state index is 0.295. The van der Waals surface area contributed by atoms with Crippen LogP contribution in [0.1, 0.15) is 49.3 Å². The molecule has 0 saturated carbocycles. The van der Waals surface area contributed by atoms with Gasteiger partial charge in [-0.3, -0.25) is 19.3 Å². The van der Waals surface area contributed by atoms with E-state index < -0.39 is 17.5 Å². The molecule has 1 aliphatic rings. The van der Waals surface area contributed by atoms with Gasteiger partial charge in [0.15, 0.2) is 0 Å². The monoisotopic (exact) mass is 567 g/mol. The van der Waals surface area contributed by atoms with Crippen LogP contribution in [0.5, 0.6) is 0 Å². The van der Waals surface area contributed by atoms with Crippen molar-refractivity contribution in [3.8, 4) is 0 Å². The molecule has 3 N–H and O–H groups in total. The SMILES string of the molecule is CC(C)(C)NC(=O)C(c1ccc(Cl)cc1)N(CC(=O)NCCCN1CCOCC1)C(=O)c1cc2ccccc2[nH]1. The van der Waals surface area contributed by atoms with Gasteiger partial charge in [0.1, 0.15) is 18.3 Å². The fourth-order valence-electron chi connectivity index (χ4n) is 4.75. The molecule has 9 nitrogen and oxygen atoms in total. The number of ether oxygens (including phenoxy) is 1. The fraction of sp³-hybridized carbons (Fsp3) is 0.433. The molecular weight excluding hydrogens is 530 g/mol. The van der Waals surface area contributed by atoms with E-state index in [0.717, 1.165) is 50.2 Å². The zero-order chi connectivity index (χ0) is 28.7. The molecule has 0 bridgehead atoms. The van der Waals surface area contributed by atoms with E-state index in [9.17, 15) is 14.4 Å². The molecule has 2 heterocycles. The molecule has 3 aromatic rings. The third kappa shape index (κ3) is 8.06. The van der Waals surface area contributed by atoms with Gasteiger partial charge >= 0.3 is 0 Å². The van der Waals surface area contributed by atoms with Crippen molar-refractivity contribution in [2.75, 3.05) is 45.9 Å².